The van der Waals surface area contributed by atoms with Gasteiger partial charge >= 0.3 is 6.18 Å². The SMILES string of the molecule is Cc1nc(C2CCCCC2)sc1C(=O)N1CCN(CC2CCCC(C(F)(F)F)C2)C(=O)C1. The number of rotatable bonds is 4. The molecular formula is C23H32F3N3O2S. The Morgan fingerprint density at radius 2 is 1.84 bits per heavy atom. The van der Waals surface area contributed by atoms with Gasteiger partial charge < -0.3 is 9.80 Å². The number of nitrogens with zero attached hydrogens (tertiary/aromatic N) is 3. The number of amides is 2. The summed E-state index contributed by atoms with van der Waals surface area (Å²) >= 11 is 1.47. The number of aryl methyl sites for hydroxylation is 1. The third kappa shape index (κ3) is 5.29. The molecule has 178 valence electrons. The summed E-state index contributed by atoms with van der Waals surface area (Å²) in [6.07, 6.45) is 3.31. The van der Waals surface area contributed by atoms with E-state index in [4.69, 9.17) is 0 Å². The number of aromatic nitrogens is 1. The van der Waals surface area contributed by atoms with Gasteiger partial charge in [0, 0.05) is 25.6 Å². The third-order valence-corrected chi connectivity index (χ3v) is 8.60. The molecule has 2 atom stereocenters. The van der Waals surface area contributed by atoms with Crippen molar-refractivity contribution in [2.45, 2.75) is 76.8 Å². The van der Waals surface area contributed by atoms with Crippen molar-refractivity contribution in [3.63, 3.8) is 0 Å². The summed E-state index contributed by atoms with van der Waals surface area (Å²) < 4.78 is 39.3. The molecule has 2 unspecified atom stereocenters. The van der Waals surface area contributed by atoms with E-state index in [0.29, 0.717) is 36.9 Å². The molecule has 2 aliphatic carbocycles. The maximum absolute atomic E-state index is 13.1. The predicted molar refractivity (Wildman–Crippen MR) is 117 cm³/mol. The zero-order valence-electron chi connectivity index (χ0n) is 18.6. The molecule has 2 heterocycles. The van der Waals surface area contributed by atoms with Crippen molar-refractivity contribution in [1.29, 1.82) is 0 Å². The van der Waals surface area contributed by atoms with Crippen molar-refractivity contribution in [3.8, 4) is 0 Å². The van der Waals surface area contributed by atoms with Crippen LogP contribution in [-0.4, -0.2) is 59.0 Å². The maximum atomic E-state index is 13.1. The monoisotopic (exact) mass is 471 g/mol. The number of thiazole rings is 1. The van der Waals surface area contributed by atoms with Gasteiger partial charge in [-0.15, -0.1) is 11.3 Å². The molecule has 2 amide bonds. The topological polar surface area (TPSA) is 53.5 Å². The summed E-state index contributed by atoms with van der Waals surface area (Å²) in [7, 11) is 0. The van der Waals surface area contributed by atoms with Gasteiger partial charge in [-0.2, -0.15) is 13.2 Å². The fourth-order valence-corrected chi connectivity index (χ4v) is 6.63. The minimum Gasteiger partial charge on any atom is -0.339 e. The summed E-state index contributed by atoms with van der Waals surface area (Å²) in [6, 6.07) is 0. The molecule has 32 heavy (non-hydrogen) atoms. The lowest BCUT2D eigenvalue weighted by Crippen LogP contribution is -2.53. The molecule has 3 aliphatic rings. The van der Waals surface area contributed by atoms with Gasteiger partial charge in [-0.1, -0.05) is 25.7 Å². The number of carbonyl (C=O) groups is 2. The molecule has 0 spiro atoms. The predicted octanol–water partition coefficient (Wildman–Crippen LogP) is 5.15. The number of halogens is 3. The Kier molecular flexibility index (Phi) is 7.12. The molecule has 4 rings (SSSR count). The van der Waals surface area contributed by atoms with Crippen molar-refractivity contribution in [3.05, 3.63) is 15.6 Å². The quantitative estimate of drug-likeness (QED) is 0.610. The molecule has 5 nitrogen and oxygen atoms in total. The number of carbonyl (C=O) groups excluding carboxylic acids is 2. The Morgan fingerprint density at radius 1 is 1.09 bits per heavy atom. The van der Waals surface area contributed by atoms with Crippen LogP contribution in [0.15, 0.2) is 0 Å². The van der Waals surface area contributed by atoms with Crippen LogP contribution in [0.4, 0.5) is 13.2 Å². The standard InChI is InChI=1S/C23H32F3N3O2S/c1-15-20(32-21(27-15)17-7-3-2-4-8-17)22(31)29-11-10-28(19(30)14-29)13-16-6-5-9-18(12-16)23(24,25)26/h16-18H,2-14H2,1H3. The molecule has 2 saturated carbocycles. The first kappa shape index (κ1) is 23.5. The normalized spacial score (nSPS) is 25.9. The highest BCUT2D eigenvalue weighted by molar-refractivity contribution is 7.13. The van der Waals surface area contributed by atoms with E-state index >= 15 is 0 Å². The van der Waals surface area contributed by atoms with Crippen molar-refractivity contribution in [1.82, 2.24) is 14.8 Å². The van der Waals surface area contributed by atoms with Crippen LogP contribution in [0.5, 0.6) is 0 Å². The van der Waals surface area contributed by atoms with E-state index in [-0.39, 0.29) is 37.1 Å². The molecule has 0 bridgehead atoms. The average Bonchev–Trinajstić information content (AvgIpc) is 3.16. The van der Waals surface area contributed by atoms with Crippen molar-refractivity contribution in [2.24, 2.45) is 11.8 Å². The maximum Gasteiger partial charge on any atom is 0.391 e. The van der Waals surface area contributed by atoms with Crippen molar-refractivity contribution < 1.29 is 22.8 Å². The van der Waals surface area contributed by atoms with E-state index in [1.54, 1.807) is 9.80 Å². The summed E-state index contributed by atoms with van der Waals surface area (Å²) in [5.41, 5.74) is 0.732. The Morgan fingerprint density at radius 3 is 2.53 bits per heavy atom. The lowest BCUT2D eigenvalue weighted by molar-refractivity contribution is -0.186. The largest absolute Gasteiger partial charge is 0.391 e. The van der Waals surface area contributed by atoms with Gasteiger partial charge in [0.2, 0.25) is 5.91 Å². The molecule has 1 saturated heterocycles. The molecule has 0 N–H and O–H groups in total. The minimum atomic E-state index is -4.16. The highest BCUT2D eigenvalue weighted by atomic mass is 32.1. The first-order valence-electron chi connectivity index (χ1n) is 11.8. The fourth-order valence-electron chi connectivity index (χ4n) is 5.42. The Hall–Kier alpha value is -1.64. The molecule has 0 radical (unpaired) electrons. The van der Waals surface area contributed by atoms with Crippen LogP contribution in [0.2, 0.25) is 0 Å². The highest BCUT2D eigenvalue weighted by Crippen LogP contribution is 2.40. The van der Waals surface area contributed by atoms with Crippen molar-refractivity contribution >= 4 is 23.2 Å². The Balaban J connectivity index is 1.34. The molecule has 1 aromatic rings. The number of hydrogen-bond donors (Lipinski definition) is 0. The summed E-state index contributed by atoms with van der Waals surface area (Å²) in [5.74, 6) is -1.27. The number of hydrogen-bond acceptors (Lipinski definition) is 4. The first-order chi connectivity index (χ1) is 15.2. The van der Waals surface area contributed by atoms with E-state index in [0.717, 1.165) is 30.0 Å². The molecule has 1 aromatic heterocycles. The average molecular weight is 472 g/mol. The second-order valence-electron chi connectivity index (χ2n) is 9.64. The van der Waals surface area contributed by atoms with Crippen LogP contribution in [0, 0.1) is 18.8 Å². The second-order valence-corrected chi connectivity index (χ2v) is 10.7. The van der Waals surface area contributed by atoms with E-state index < -0.39 is 12.1 Å². The Labute approximate surface area is 191 Å². The van der Waals surface area contributed by atoms with Gasteiger partial charge in [-0.05, 0) is 44.9 Å². The summed E-state index contributed by atoms with van der Waals surface area (Å²) in [5, 5.41) is 1.03. The van der Waals surface area contributed by atoms with Gasteiger partial charge in [0.05, 0.1) is 16.6 Å². The Bertz CT molecular complexity index is 835. The number of piperazine rings is 1. The van der Waals surface area contributed by atoms with Gasteiger partial charge in [-0.3, -0.25) is 9.59 Å². The molecule has 3 fully saturated rings. The van der Waals surface area contributed by atoms with Crippen LogP contribution >= 0.6 is 11.3 Å². The van der Waals surface area contributed by atoms with Crippen LogP contribution in [0.3, 0.4) is 0 Å². The summed E-state index contributed by atoms with van der Waals surface area (Å²) in [4.78, 5) is 34.4. The molecular weight excluding hydrogens is 439 g/mol. The van der Waals surface area contributed by atoms with Crippen molar-refractivity contribution in [2.75, 3.05) is 26.2 Å². The van der Waals surface area contributed by atoms with E-state index in [1.165, 1.54) is 30.6 Å². The zero-order valence-corrected chi connectivity index (χ0v) is 19.4. The lowest BCUT2D eigenvalue weighted by atomic mass is 9.80. The lowest BCUT2D eigenvalue weighted by Gasteiger charge is -2.38. The van der Waals surface area contributed by atoms with Crippen LogP contribution < -0.4 is 0 Å². The van der Waals surface area contributed by atoms with Crippen LogP contribution in [0.1, 0.15) is 84.1 Å². The van der Waals surface area contributed by atoms with Gasteiger partial charge in [0.15, 0.2) is 0 Å². The smallest absolute Gasteiger partial charge is 0.339 e. The first-order valence-corrected chi connectivity index (χ1v) is 12.6. The van der Waals surface area contributed by atoms with Gasteiger partial charge in [-0.25, -0.2) is 4.98 Å². The molecule has 9 heteroatoms. The highest BCUT2D eigenvalue weighted by Gasteiger charge is 2.43. The van der Waals surface area contributed by atoms with Gasteiger partial charge in [0.1, 0.15) is 11.4 Å². The second kappa shape index (κ2) is 9.69. The fraction of sp³-hybridized carbons (Fsp3) is 0.783. The van der Waals surface area contributed by atoms with Crippen LogP contribution in [-0.2, 0) is 4.79 Å². The molecule has 1 aliphatic heterocycles. The minimum absolute atomic E-state index is 0.00957. The van der Waals surface area contributed by atoms with E-state index in [2.05, 4.69) is 4.98 Å². The third-order valence-electron chi connectivity index (χ3n) is 7.29. The summed E-state index contributed by atoms with van der Waals surface area (Å²) in [6.45, 7) is 3.00. The zero-order chi connectivity index (χ0) is 22.9. The van der Waals surface area contributed by atoms with Gasteiger partial charge in [0.25, 0.3) is 5.91 Å². The van der Waals surface area contributed by atoms with E-state index in [1.807, 2.05) is 6.92 Å². The number of alkyl halides is 3. The van der Waals surface area contributed by atoms with Crippen LogP contribution in [0.25, 0.3) is 0 Å². The molecule has 0 aromatic carbocycles. The van der Waals surface area contributed by atoms with E-state index in [9.17, 15) is 22.8 Å².